The molecule has 3 rings (SSSR count). The fourth-order valence-electron chi connectivity index (χ4n) is 3.01. The average Bonchev–Trinajstić information content (AvgIpc) is 3.19. The van der Waals surface area contributed by atoms with Gasteiger partial charge >= 0.3 is 0 Å². The third-order valence-electron chi connectivity index (χ3n) is 4.36. The van der Waals surface area contributed by atoms with Crippen LogP contribution in [0.25, 0.3) is 0 Å². The third kappa shape index (κ3) is 3.06. The molecule has 0 spiro atoms. The smallest absolute Gasteiger partial charge is 0.240 e. The molecule has 2 unspecified atom stereocenters. The molecule has 20 heavy (non-hydrogen) atoms. The molecule has 1 amide bonds. The fourth-order valence-corrected chi connectivity index (χ4v) is 3.01. The van der Waals surface area contributed by atoms with Crippen molar-refractivity contribution in [1.82, 2.24) is 10.2 Å². The molecule has 0 radical (unpaired) electrons. The van der Waals surface area contributed by atoms with Gasteiger partial charge in [-0.05, 0) is 57.2 Å². The zero-order valence-electron chi connectivity index (χ0n) is 12.4. The molecule has 4 nitrogen and oxygen atoms in total. The molecule has 0 bridgehead atoms. The van der Waals surface area contributed by atoms with Crippen molar-refractivity contribution in [3.63, 3.8) is 0 Å². The number of rotatable bonds is 4. The Morgan fingerprint density at radius 2 is 2.20 bits per heavy atom. The number of hydrogen-bond donors (Lipinski definition) is 1. The molecule has 1 aromatic rings. The van der Waals surface area contributed by atoms with E-state index in [4.69, 9.17) is 4.42 Å². The molecule has 1 N–H and O–H groups in total. The van der Waals surface area contributed by atoms with Gasteiger partial charge in [0, 0.05) is 6.04 Å². The molecule has 2 atom stereocenters. The van der Waals surface area contributed by atoms with Gasteiger partial charge in [-0.3, -0.25) is 4.79 Å². The van der Waals surface area contributed by atoms with Crippen LogP contribution < -0.4 is 5.32 Å². The van der Waals surface area contributed by atoms with Crippen LogP contribution in [0.3, 0.4) is 0 Å². The van der Waals surface area contributed by atoms with Crippen molar-refractivity contribution in [2.75, 3.05) is 6.54 Å². The Labute approximate surface area is 120 Å². The topological polar surface area (TPSA) is 45.5 Å². The number of piperidine rings is 1. The molecule has 1 aliphatic heterocycles. The minimum atomic E-state index is -0.00425. The molecule has 2 fully saturated rings. The Hall–Kier alpha value is -1.29. The molecule has 110 valence electrons. The molecular formula is C16H24N2O2. The largest absolute Gasteiger partial charge is 0.464 e. The van der Waals surface area contributed by atoms with Crippen molar-refractivity contribution >= 4 is 5.91 Å². The average molecular weight is 276 g/mol. The van der Waals surface area contributed by atoms with Gasteiger partial charge in [0.25, 0.3) is 0 Å². The summed E-state index contributed by atoms with van der Waals surface area (Å²) in [5, 5.41) is 3.38. The van der Waals surface area contributed by atoms with Gasteiger partial charge < -0.3 is 14.6 Å². The van der Waals surface area contributed by atoms with Crippen molar-refractivity contribution in [3.05, 3.63) is 23.7 Å². The van der Waals surface area contributed by atoms with Crippen LogP contribution in [-0.4, -0.2) is 29.4 Å². The van der Waals surface area contributed by atoms with Gasteiger partial charge in [0.2, 0.25) is 5.91 Å². The quantitative estimate of drug-likeness (QED) is 0.919. The van der Waals surface area contributed by atoms with Crippen molar-refractivity contribution in [3.8, 4) is 0 Å². The second kappa shape index (κ2) is 5.60. The van der Waals surface area contributed by atoms with E-state index in [0.29, 0.717) is 18.5 Å². The number of nitrogens with zero attached hydrogens (tertiary/aromatic N) is 1. The maximum atomic E-state index is 12.8. The monoisotopic (exact) mass is 276 g/mol. The Morgan fingerprint density at radius 3 is 2.80 bits per heavy atom. The van der Waals surface area contributed by atoms with E-state index < -0.39 is 0 Å². The highest BCUT2D eigenvalue weighted by Crippen LogP contribution is 2.30. The molecule has 1 saturated carbocycles. The van der Waals surface area contributed by atoms with E-state index in [9.17, 15) is 4.79 Å². The normalized spacial score (nSPS) is 26.5. The van der Waals surface area contributed by atoms with Crippen LogP contribution >= 0.6 is 0 Å². The zero-order valence-corrected chi connectivity index (χ0v) is 12.4. The standard InChI is InChI=1S/C16H24N2O2/c1-11-7-8-17-15(9-11)16(19)18(13-4-5-13)10-14-6-3-12(2)20-14/h3,6,11,13,15,17H,4-5,7-10H2,1-2H3. The minimum Gasteiger partial charge on any atom is -0.464 e. The zero-order chi connectivity index (χ0) is 14.1. The number of hydrogen-bond acceptors (Lipinski definition) is 3. The van der Waals surface area contributed by atoms with E-state index in [-0.39, 0.29) is 11.9 Å². The summed E-state index contributed by atoms with van der Waals surface area (Å²) in [6.45, 7) is 5.75. The minimum absolute atomic E-state index is 0.00425. The molecule has 1 saturated heterocycles. The van der Waals surface area contributed by atoms with Crippen LogP contribution in [0, 0.1) is 12.8 Å². The van der Waals surface area contributed by atoms with Crippen LogP contribution in [-0.2, 0) is 11.3 Å². The first kappa shape index (κ1) is 13.7. The summed E-state index contributed by atoms with van der Waals surface area (Å²) in [4.78, 5) is 14.8. The van der Waals surface area contributed by atoms with E-state index in [1.165, 1.54) is 6.42 Å². The molecule has 2 aliphatic rings. The molecule has 2 heterocycles. The number of aryl methyl sites for hydroxylation is 1. The molecule has 0 aromatic carbocycles. The van der Waals surface area contributed by atoms with Gasteiger partial charge in [0.05, 0.1) is 12.6 Å². The van der Waals surface area contributed by atoms with Crippen molar-refractivity contribution in [2.45, 2.75) is 58.2 Å². The summed E-state index contributed by atoms with van der Waals surface area (Å²) in [5.74, 6) is 2.70. The van der Waals surface area contributed by atoms with Crippen molar-refractivity contribution < 1.29 is 9.21 Å². The second-order valence-electron chi connectivity index (χ2n) is 6.35. The maximum absolute atomic E-state index is 12.8. The first-order valence-electron chi connectivity index (χ1n) is 7.72. The van der Waals surface area contributed by atoms with Crippen LogP contribution in [0.15, 0.2) is 16.5 Å². The fraction of sp³-hybridized carbons (Fsp3) is 0.688. The predicted molar refractivity (Wildman–Crippen MR) is 77.2 cm³/mol. The maximum Gasteiger partial charge on any atom is 0.240 e. The van der Waals surface area contributed by atoms with Crippen LogP contribution in [0.2, 0.25) is 0 Å². The predicted octanol–water partition coefficient (Wildman–Crippen LogP) is 2.47. The highest BCUT2D eigenvalue weighted by atomic mass is 16.3. The summed E-state index contributed by atoms with van der Waals surface area (Å²) in [5.41, 5.74) is 0. The lowest BCUT2D eigenvalue weighted by molar-refractivity contribution is -0.136. The second-order valence-corrected chi connectivity index (χ2v) is 6.35. The van der Waals surface area contributed by atoms with Crippen LogP contribution in [0.4, 0.5) is 0 Å². The molecular weight excluding hydrogens is 252 g/mol. The molecule has 1 aliphatic carbocycles. The Kier molecular flexibility index (Phi) is 3.83. The van der Waals surface area contributed by atoms with E-state index in [1.54, 1.807) is 0 Å². The summed E-state index contributed by atoms with van der Waals surface area (Å²) in [6, 6.07) is 4.36. The lowest BCUT2D eigenvalue weighted by Gasteiger charge is -2.32. The highest BCUT2D eigenvalue weighted by Gasteiger charge is 2.37. The van der Waals surface area contributed by atoms with E-state index >= 15 is 0 Å². The van der Waals surface area contributed by atoms with E-state index in [2.05, 4.69) is 12.2 Å². The summed E-state index contributed by atoms with van der Waals surface area (Å²) < 4.78 is 5.64. The van der Waals surface area contributed by atoms with E-state index in [1.807, 2.05) is 24.0 Å². The third-order valence-corrected chi connectivity index (χ3v) is 4.36. The number of amides is 1. The van der Waals surface area contributed by atoms with Gasteiger partial charge in [-0.15, -0.1) is 0 Å². The van der Waals surface area contributed by atoms with Crippen molar-refractivity contribution in [1.29, 1.82) is 0 Å². The van der Waals surface area contributed by atoms with Crippen LogP contribution in [0.5, 0.6) is 0 Å². The highest BCUT2D eigenvalue weighted by molar-refractivity contribution is 5.82. The number of carbonyl (C=O) groups excluding carboxylic acids is 1. The molecule has 1 aromatic heterocycles. The Balaban J connectivity index is 1.68. The van der Waals surface area contributed by atoms with Gasteiger partial charge in [-0.2, -0.15) is 0 Å². The van der Waals surface area contributed by atoms with Crippen molar-refractivity contribution in [2.24, 2.45) is 5.92 Å². The molecule has 4 heteroatoms. The summed E-state index contributed by atoms with van der Waals surface area (Å²) >= 11 is 0. The lowest BCUT2D eigenvalue weighted by Crippen LogP contribution is -2.50. The first-order chi connectivity index (χ1) is 9.63. The Bertz CT molecular complexity index is 479. The summed E-state index contributed by atoms with van der Waals surface area (Å²) in [7, 11) is 0. The van der Waals surface area contributed by atoms with Gasteiger partial charge in [-0.25, -0.2) is 0 Å². The van der Waals surface area contributed by atoms with Gasteiger partial charge in [-0.1, -0.05) is 6.92 Å². The summed E-state index contributed by atoms with van der Waals surface area (Å²) in [6.07, 6.45) is 4.39. The number of furan rings is 1. The number of nitrogens with one attached hydrogen (secondary N) is 1. The first-order valence-corrected chi connectivity index (χ1v) is 7.72. The van der Waals surface area contributed by atoms with E-state index in [0.717, 1.165) is 37.3 Å². The lowest BCUT2D eigenvalue weighted by atomic mass is 9.93. The van der Waals surface area contributed by atoms with Crippen LogP contribution in [0.1, 0.15) is 44.1 Å². The Morgan fingerprint density at radius 1 is 1.40 bits per heavy atom. The van der Waals surface area contributed by atoms with Gasteiger partial charge in [0.1, 0.15) is 11.5 Å². The SMILES string of the molecule is Cc1ccc(CN(C(=O)C2CC(C)CCN2)C2CC2)o1. The number of carbonyl (C=O) groups is 1. The van der Waals surface area contributed by atoms with Gasteiger partial charge in [0.15, 0.2) is 0 Å².